The Labute approximate surface area is 99.9 Å². The average molecular weight is 227 g/mol. The first-order valence-electron chi connectivity index (χ1n) is 5.35. The third kappa shape index (κ3) is 2.64. The van der Waals surface area contributed by atoms with Crippen LogP contribution in [0.25, 0.3) is 0 Å². The number of nitriles is 1. The van der Waals surface area contributed by atoms with Gasteiger partial charge in [-0.1, -0.05) is 18.2 Å². The van der Waals surface area contributed by atoms with Gasteiger partial charge in [-0.25, -0.2) is 4.98 Å². The molecule has 1 aromatic carbocycles. The van der Waals surface area contributed by atoms with E-state index in [2.05, 4.69) is 16.0 Å². The average Bonchev–Trinajstić information content (AvgIpc) is 2.78. The molecule has 0 saturated heterocycles. The van der Waals surface area contributed by atoms with Crippen LogP contribution in [0.3, 0.4) is 0 Å². The summed E-state index contributed by atoms with van der Waals surface area (Å²) >= 11 is 0. The molecule has 0 aliphatic carbocycles. The number of para-hydroxylation sites is 1. The highest BCUT2D eigenvalue weighted by atomic mass is 16.5. The van der Waals surface area contributed by atoms with Crippen LogP contribution >= 0.6 is 0 Å². The molecule has 0 unspecified atom stereocenters. The van der Waals surface area contributed by atoms with Gasteiger partial charge in [-0.3, -0.25) is 0 Å². The van der Waals surface area contributed by atoms with Gasteiger partial charge in [-0.05, 0) is 6.07 Å². The monoisotopic (exact) mass is 227 g/mol. The number of ether oxygens (including phenoxy) is 1. The summed E-state index contributed by atoms with van der Waals surface area (Å²) in [6.45, 7) is 0. The van der Waals surface area contributed by atoms with Gasteiger partial charge >= 0.3 is 0 Å². The minimum atomic E-state index is 0.360. The predicted molar refractivity (Wildman–Crippen MR) is 63.7 cm³/mol. The van der Waals surface area contributed by atoms with Crippen LogP contribution in [-0.4, -0.2) is 17.1 Å². The van der Waals surface area contributed by atoms with Gasteiger partial charge in [0.2, 0.25) is 0 Å². The minimum absolute atomic E-state index is 0.360. The standard InChI is InChI=1S/C13H13N3O/c1-17-12-5-3-2-4-10(12)8-13-15-9-11(16-13)6-7-14/h2-5,9H,6,8H2,1H3,(H,15,16). The van der Waals surface area contributed by atoms with Crippen molar-refractivity contribution in [1.82, 2.24) is 9.97 Å². The Morgan fingerprint density at radius 2 is 2.24 bits per heavy atom. The molecule has 2 rings (SSSR count). The van der Waals surface area contributed by atoms with Crippen molar-refractivity contribution < 1.29 is 4.74 Å². The number of benzene rings is 1. The lowest BCUT2D eigenvalue weighted by Gasteiger charge is -2.05. The molecule has 0 atom stereocenters. The van der Waals surface area contributed by atoms with Crippen molar-refractivity contribution in [1.29, 1.82) is 5.26 Å². The molecule has 0 bridgehead atoms. The summed E-state index contributed by atoms with van der Waals surface area (Å²) in [4.78, 5) is 7.37. The predicted octanol–water partition coefficient (Wildman–Crippen LogP) is 2.08. The lowest BCUT2D eigenvalue weighted by molar-refractivity contribution is 0.410. The second kappa shape index (κ2) is 5.17. The number of hydrogen-bond donors (Lipinski definition) is 1. The largest absolute Gasteiger partial charge is 0.496 e. The Bertz CT molecular complexity index is 540. The van der Waals surface area contributed by atoms with Crippen LogP contribution in [0.15, 0.2) is 30.5 Å². The minimum Gasteiger partial charge on any atom is -0.496 e. The highest BCUT2D eigenvalue weighted by Gasteiger charge is 2.06. The van der Waals surface area contributed by atoms with Crippen molar-refractivity contribution in [3.05, 3.63) is 47.5 Å². The van der Waals surface area contributed by atoms with Crippen molar-refractivity contribution in [3.8, 4) is 11.8 Å². The van der Waals surface area contributed by atoms with Gasteiger partial charge < -0.3 is 9.72 Å². The molecular weight excluding hydrogens is 214 g/mol. The van der Waals surface area contributed by atoms with Gasteiger partial charge in [0, 0.05) is 23.9 Å². The molecule has 0 fully saturated rings. The summed E-state index contributed by atoms with van der Waals surface area (Å²) in [5.74, 6) is 1.70. The zero-order valence-corrected chi connectivity index (χ0v) is 9.60. The van der Waals surface area contributed by atoms with E-state index in [9.17, 15) is 0 Å². The molecule has 4 heteroatoms. The third-order valence-electron chi connectivity index (χ3n) is 2.50. The van der Waals surface area contributed by atoms with Crippen LogP contribution in [0.2, 0.25) is 0 Å². The Morgan fingerprint density at radius 1 is 1.41 bits per heavy atom. The Balaban J connectivity index is 2.17. The highest BCUT2D eigenvalue weighted by molar-refractivity contribution is 5.35. The number of methoxy groups -OCH3 is 1. The first kappa shape index (κ1) is 11.2. The second-order valence-corrected chi connectivity index (χ2v) is 3.68. The molecule has 17 heavy (non-hydrogen) atoms. The topological polar surface area (TPSA) is 61.7 Å². The van der Waals surface area contributed by atoms with Crippen molar-refractivity contribution in [2.75, 3.05) is 7.11 Å². The number of aromatic nitrogens is 2. The lowest BCUT2D eigenvalue weighted by Crippen LogP contribution is -1.95. The van der Waals surface area contributed by atoms with Crippen molar-refractivity contribution in [3.63, 3.8) is 0 Å². The quantitative estimate of drug-likeness (QED) is 0.869. The normalized spacial score (nSPS) is 9.88. The number of hydrogen-bond acceptors (Lipinski definition) is 3. The summed E-state index contributed by atoms with van der Waals surface area (Å²) < 4.78 is 5.28. The van der Waals surface area contributed by atoms with Crippen LogP contribution in [0.1, 0.15) is 17.1 Å². The fraction of sp³-hybridized carbons (Fsp3) is 0.231. The molecule has 0 aliphatic rings. The number of nitrogens with one attached hydrogen (secondary N) is 1. The highest BCUT2D eigenvalue weighted by Crippen LogP contribution is 2.19. The van der Waals surface area contributed by atoms with E-state index in [-0.39, 0.29) is 0 Å². The number of imidazole rings is 1. The lowest BCUT2D eigenvalue weighted by atomic mass is 10.1. The zero-order chi connectivity index (χ0) is 12.1. The van der Waals surface area contributed by atoms with Gasteiger partial charge in [-0.15, -0.1) is 0 Å². The van der Waals surface area contributed by atoms with Crippen LogP contribution in [-0.2, 0) is 12.8 Å². The number of H-pyrrole nitrogens is 1. The van der Waals surface area contributed by atoms with Gasteiger partial charge in [-0.2, -0.15) is 5.26 Å². The Kier molecular flexibility index (Phi) is 3.41. The van der Waals surface area contributed by atoms with Gasteiger partial charge in [0.1, 0.15) is 11.6 Å². The summed E-state index contributed by atoms with van der Waals surface area (Å²) in [6.07, 6.45) is 2.74. The molecule has 1 heterocycles. The Morgan fingerprint density at radius 3 is 3.00 bits per heavy atom. The van der Waals surface area contributed by atoms with Gasteiger partial charge in [0.25, 0.3) is 0 Å². The molecule has 86 valence electrons. The van der Waals surface area contributed by atoms with E-state index in [1.165, 1.54) is 0 Å². The van der Waals surface area contributed by atoms with Crippen molar-refractivity contribution >= 4 is 0 Å². The maximum Gasteiger partial charge on any atom is 0.122 e. The molecule has 2 aromatic rings. The summed E-state index contributed by atoms with van der Waals surface area (Å²) in [6, 6.07) is 9.92. The van der Waals surface area contributed by atoms with Crippen LogP contribution in [0, 0.1) is 11.3 Å². The molecule has 0 aliphatic heterocycles. The number of aromatic amines is 1. The van der Waals surface area contributed by atoms with Crippen molar-refractivity contribution in [2.45, 2.75) is 12.8 Å². The molecule has 4 nitrogen and oxygen atoms in total. The molecule has 0 spiro atoms. The van der Waals surface area contributed by atoms with Crippen LogP contribution in [0.4, 0.5) is 0 Å². The van der Waals surface area contributed by atoms with Gasteiger partial charge in [0.15, 0.2) is 0 Å². The van der Waals surface area contributed by atoms with Crippen LogP contribution in [0.5, 0.6) is 5.75 Å². The maximum absolute atomic E-state index is 8.58. The van der Waals surface area contributed by atoms with E-state index in [4.69, 9.17) is 10.00 Å². The molecule has 0 amide bonds. The number of nitrogens with zero attached hydrogens (tertiary/aromatic N) is 2. The fourth-order valence-electron chi connectivity index (χ4n) is 1.70. The third-order valence-corrected chi connectivity index (χ3v) is 2.50. The van der Waals surface area contributed by atoms with E-state index in [0.717, 1.165) is 22.8 Å². The maximum atomic E-state index is 8.58. The first-order chi connectivity index (χ1) is 8.33. The second-order valence-electron chi connectivity index (χ2n) is 3.68. The van der Waals surface area contributed by atoms with Crippen LogP contribution < -0.4 is 4.74 Å². The van der Waals surface area contributed by atoms with E-state index >= 15 is 0 Å². The van der Waals surface area contributed by atoms with Gasteiger partial charge in [0.05, 0.1) is 19.6 Å². The van der Waals surface area contributed by atoms with E-state index in [1.54, 1.807) is 13.3 Å². The van der Waals surface area contributed by atoms with E-state index in [1.807, 2.05) is 24.3 Å². The van der Waals surface area contributed by atoms with E-state index < -0.39 is 0 Å². The number of rotatable bonds is 4. The summed E-state index contributed by atoms with van der Waals surface area (Å²) in [5, 5.41) is 8.58. The fourth-order valence-corrected chi connectivity index (χ4v) is 1.70. The SMILES string of the molecule is COc1ccccc1Cc1ncc(CC#N)[nH]1. The molecule has 0 saturated carbocycles. The first-order valence-corrected chi connectivity index (χ1v) is 5.35. The molecule has 1 aromatic heterocycles. The van der Waals surface area contributed by atoms with Crippen molar-refractivity contribution in [2.24, 2.45) is 0 Å². The summed E-state index contributed by atoms with van der Waals surface area (Å²) in [5.41, 5.74) is 1.92. The Hall–Kier alpha value is -2.28. The molecular formula is C13H13N3O. The van der Waals surface area contributed by atoms with E-state index in [0.29, 0.717) is 12.8 Å². The smallest absolute Gasteiger partial charge is 0.122 e. The summed E-state index contributed by atoms with van der Waals surface area (Å²) in [7, 11) is 1.65. The molecule has 1 N–H and O–H groups in total. The zero-order valence-electron chi connectivity index (χ0n) is 9.60. The molecule has 0 radical (unpaired) electrons.